The van der Waals surface area contributed by atoms with Gasteiger partial charge in [0.1, 0.15) is 5.82 Å². The molecule has 1 aliphatic rings. The summed E-state index contributed by atoms with van der Waals surface area (Å²) in [7, 11) is 0. The minimum absolute atomic E-state index is 0.0101. The van der Waals surface area contributed by atoms with Crippen LogP contribution in [0.4, 0.5) is 10.1 Å². The standard InChI is InChI=1S/C14H11FN2O3/c15-9-3-4-10(17-13(18)7-1-2-7)8-5-6-16-12(11(8)9)14(19)20/h3-7H,1-2H2,(H,17,18)(H,19,20). The zero-order valence-corrected chi connectivity index (χ0v) is 10.4. The maximum Gasteiger partial charge on any atom is 0.355 e. The highest BCUT2D eigenvalue weighted by Gasteiger charge is 2.30. The van der Waals surface area contributed by atoms with Crippen molar-refractivity contribution in [2.75, 3.05) is 5.32 Å². The number of fused-ring (bicyclic) bond motifs is 1. The topological polar surface area (TPSA) is 79.3 Å². The predicted molar refractivity (Wildman–Crippen MR) is 70.0 cm³/mol. The molecule has 1 amide bonds. The second kappa shape index (κ2) is 4.56. The Morgan fingerprint density at radius 3 is 2.70 bits per heavy atom. The monoisotopic (exact) mass is 274 g/mol. The van der Waals surface area contributed by atoms with Crippen molar-refractivity contribution in [3.05, 3.63) is 35.9 Å². The number of carbonyl (C=O) groups is 2. The molecule has 0 bridgehead atoms. The Bertz CT molecular complexity index is 726. The Hall–Kier alpha value is -2.50. The molecule has 0 spiro atoms. The summed E-state index contributed by atoms with van der Waals surface area (Å²) in [4.78, 5) is 26.6. The summed E-state index contributed by atoms with van der Waals surface area (Å²) in [6.45, 7) is 0. The van der Waals surface area contributed by atoms with E-state index in [1.54, 1.807) is 0 Å². The first-order valence-electron chi connectivity index (χ1n) is 6.19. The summed E-state index contributed by atoms with van der Waals surface area (Å²) < 4.78 is 13.9. The number of nitrogens with zero attached hydrogens (tertiary/aromatic N) is 1. The van der Waals surface area contributed by atoms with Gasteiger partial charge in [-0.15, -0.1) is 0 Å². The van der Waals surface area contributed by atoms with Crippen molar-refractivity contribution >= 4 is 28.3 Å². The van der Waals surface area contributed by atoms with Crippen molar-refractivity contribution < 1.29 is 19.1 Å². The van der Waals surface area contributed by atoms with Crippen LogP contribution in [-0.4, -0.2) is 22.0 Å². The third kappa shape index (κ3) is 2.09. The van der Waals surface area contributed by atoms with Crippen LogP contribution in [0.15, 0.2) is 24.4 Å². The zero-order chi connectivity index (χ0) is 14.3. The molecule has 2 N–H and O–H groups in total. The number of rotatable bonds is 3. The van der Waals surface area contributed by atoms with Crippen LogP contribution in [0.5, 0.6) is 0 Å². The van der Waals surface area contributed by atoms with Crippen molar-refractivity contribution in [3.8, 4) is 0 Å². The van der Waals surface area contributed by atoms with Crippen LogP contribution in [0.1, 0.15) is 23.3 Å². The Kier molecular flexibility index (Phi) is 2.85. The van der Waals surface area contributed by atoms with Crippen LogP contribution in [-0.2, 0) is 4.79 Å². The fourth-order valence-electron chi connectivity index (χ4n) is 2.11. The number of carbonyl (C=O) groups excluding carboxylic acids is 1. The Labute approximate surface area is 113 Å². The second-order valence-corrected chi connectivity index (χ2v) is 4.75. The van der Waals surface area contributed by atoms with Crippen molar-refractivity contribution in [2.24, 2.45) is 5.92 Å². The summed E-state index contributed by atoms with van der Waals surface area (Å²) in [5, 5.41) is 12.0. The summed E-state index contributed by atoms with van der Waals surface area (Å²) in [6, 6.07) is 4.07. The fraction of sp³-hybridized carbons (Fsp3) is 0.214. The largest absolute Gasteiger partial charge is 0.476 e. The smallest absolute Gasteiger partial charge is 0.355 e. The average molecular weight is 274 g/mol. The number of halogens is 1. The number of pyridine rings is 1. The molecule has 0 unspecified atom stereocenters. The normalized spacial score (nSPS) is 14.2. The number of carboxylic acids is 1. The van der Waals surface area contributed by atoms with Gasteiger partial charge in [-0.3, -0.25) is 4.79 Å². The van der Waals surface area contributed by atoms with Gasteiger partial charge in [0.05, 0.1) is 5.39 Å². The number of aromatic carboxylic acids is 1. The van der Waals surface area contributed by atoms with E-state index in [0.29, 0.717) is 11.1 Å². The molecule has 0 saturated heterocycles. The highest BCUT2D eigenvalue weighted by molar-refractivity contribution is 6.09. The van der Waals surface area contributed by atoms with Crippen LogP contribution in [0, 0.1) is 11.7 Å². The van der Waals surface area contributed by atoms with Crippen molar-refractivity contribution in [1.29, 1.82) is 0 Å². The van der Waals surface area contributed by atoms with E-state index < -0.39 is 11.8 Å². The maximum absolute atomic E-state index is 13.9. The molecule has 0 aliphatic heterocycles. The lowest BCUT2D eigenvalue weighted by Crippen LogP contribution is -2.14. The third-order valence-corrected chi connectivity index (χ3v) is 3.28. The first-order chi connectivity index (χ1) is 9.58. The van der Waals surface area contributed by atoms with Crippen molar-refractivity contribution in [2.45, 2.75) is 12.8 Å². The fourth-order valence-corrected chi connectivity index (χ4v) is 2.11. The van der Waals surface area contributed by atoms with Crippen LogP contribution in [0.25, 0.3) is 10.8 Å². The van der Waals surface area contributed by atoms with Gasteiger partial charge >= 0.3 is 5.97 Å². The van der Waals surface area contributed by atoms with E-state index in [9.17, 15) is 14.0 Å². The van der Waals surface area contributed by atoms with Gasteiger partial charge < -0.3 is 10.4 Å². The van der Waals surface area contributed by atoms with Gasteiger partial charge in [0.25, 0.3) is 0 Å². The van der Waals surface area contributed by atoms with Crippen LogP contribution < -0.4 is 5.32 Å². The lowest BCUT2D eigenvalue weighted by molar-refractivity contribution is -0.117. The minimum Gasteiger partial charge on any atom is -0.476 e. The number of amides is 1. The number of hydrogen-bond acceptors (Lipinski definition) is 3. The first-order valence-corrected chi connectivity index (χ1v) is 6.19. The molecular weight excluding hydrogens is 263 g/mol. The molecule has 1 aromatic heterocycles. The molecule has 20 heavy (non-hydrogen) atoms. The Balaban J connectivity index is 2.14. The summed E-state index contributed by atoms with van der Waals surface area (Å²) in [5.41, 5.74) is 0.0470. The van der Waals surface area contributed by atoms with Crippen molar-refractivity contribution in [1.82, 2.24) is 4.98 Å². The maximum atomic E-state index is 13.9. The highest BCUT2D eigenvalue weighted by Crippen LogP contribution is 2.32. The number of nitrogens with one attached hydrogen (secondary N) is 1. The molecule has 5 nitrogen and oxygen atoms in total. The molecule has 1 fully saturated rings. The third-order valence-electron chi connectivity index (χ3n) is 3.28. The van der Waals surface area contributed by atoms with Crippen LogP contribution >= 0.6 is 0 Å². The van der Waals surface area contributed by atoms with Crippen LogP contribution in [0.2, 0.25) is 0 Å². The van der Waals surface area contributed by atoms with Gasteiger partial charge in [0.2, 0.25) is 5.91 Å². The molecule has 6 heteroatoms. The highest BCUT2D eigenvalue weighted by atomic mass is 19.1. The lowest BCUT2D eigenvalue weighted by atomic mass is 10.1. The molecule has 1 aromatic carbocycles. The van der Waals surface area contributed by atoms with E-state index in [4.69, 9.17) is 5.11 Å². The molecule has 1 saturated carbocycles. The molecule has 102 valence electrons. The number of carboxylic acid groups (broad SMARTS) is 1. The predicted octanol–water partition coefficient (Wildman–Crippen LogP) is 2.42. The van der Waals surface area contributed by atoms with Gasteiger partial charge in [-0.2, -0.15) is 0 Å². The summed E-state index contributed by atoms with van der Waals surface area (Å²) in [5.74, 6) is -2.09. The van der Waals surface area contributed by atoms with E-state index in [1.165, 1.54) is 18.3 Å². The molecule has 1 aliphatic carbocycles. The molecule has 0 radical (unpaired) electrons. The zero-order valence-electron chi connectivity index (χ0n) is 10.4. The second-order valence-electron chi connectivity index (χ2n) is 4.75. The molecule has 0 atom stereocenters. The number of benzene rings is 1. The van der Waals surface area contributed by atoms with E-state index in [1.807, 2.05) is 0 Å². The molecule has 3 rings (SSSR count). The minimum atomic E-state index is -1.31. The number of aromatic nitrogens is 1. The summed E-state index contributed by atoms with van der Waals surface area (Å²) in [6.07, 6.45) is 3.00. The van der Waals surface area contributed by atoms with E-state index in [-0.39, 0.29) is 22.9 Å². The van der Waals surface area contributed by atoms with Gasteiger partial charge in [-0.1, -0.05) is 0 Å². The van der Waals surface area contributed by atoms with Gasteiger partial charge in [-0.25, -0.2) is 14.2 Å². The number of hydrogen-bond donors (Lipinski definition) is 2. The molecule has 2 aromatic rings. The van der Waals surface area contributed by atoms with Crippen LogP contribution in [0.3, 0.4) is 0 Å². The van der Waals surface area contributed by atoms with E-state index >= 15 is 0 Å². The van der Waals surface area contributed by atoms with Gasteiger partial charge in [0, 0.05) is 23.2 Å². The lowest BCUT2D eigenvalue weighted by Gasteiger charge is -2.10. The Morgan fingerprint density at radius 2 is 2.05 bits per heavy atom. The average Bonchev–Trinajstić information content (AvgIpc) is 3.25. The molecule has 1 heterocycles. The molecular formula is C14H11FN2O3. The SMILES string of the molecule is O=C(O)c1nccc2c(NC(=O)C3CC3)ccc(F)c12. The number of anilines is 1. The van der Waals surface area contributed by atoms with Gasteiger partial charge in [-0.05, 0) is 31.0 Å². The van der Waals surface area contributed by atoms with E-state index in [2.05, 4.69) is 10.3 Å². The summed E-state index contributed by atoms with van der Waals surface area (Å²) >= 11 is 0. The van der Waals surface area contributed by atoms with E-state index in [0.717, 1.165) is 18.9 Å². The van der Waals surface area contributed by atoms with Crippen molar-refractivity contribution in [3.63, 3.8) is 0 Å². The quantitative estimate of drug-likeness (QED) is 0.900. The van der Waals surface area contributed by atoms with Gasteiger partial charge in [0.15, 0.2) is 5.69 Å². The Morgan fingerprint density at radius 1 is 1.30 bits per heavy atom. The first kappa shape index (κ1) is 12.5.